The maximum absolute atomic E-state index is 12.4. The van der Waals surface area contributed by atoms with Crippen LogP contribution in [0.3, 0.4) is 0 Å². The van der Waals surface area contributed by atoms with E-state index >= 15 is 0 Å². The van der Waals surface area contributed by atoms with Crippen LogP contribution in [0.2, 0.25) is 0 Å². The van der Waals surface area contributed by atoms with Crippen molar-refractivity contribution in [1.82, 2.24) is 9.38 Å². The van der Waals surface area contributed by atoms with E-state index in [9.17, 15) is 4.79 Å². The SMILES string of the molecule is Cc1ccc(C(=O)Nc2cccc(-c3cn4cccc(C)c4n3)c2)cc1. The third-order valence-corrected chi connectivity index (χ3v) is 4.41. The number of nitrogens with one attached hydrogen (secondary N) is 1. The van der Waals surface area contributed by atoms with E-state index in [1.54, 1.807) is 0 Å². The first-order chi connectivity index (χ1) is 12.6. The molecule has 0 saturated carbocycles. The van der Waals surface area contributed by atoms with Crippen LogP contribution in [-0.4, -0.2) is 15.3 Å². The van der Waals surface area contributed by atoms with Gasteiger partial charge in [-0.15, -0.1) is 0 Å². The standard InChI is InChI=1S/C22H19N3O/c1-15-8-10-17(11-9-15)22(26)23-19-7-3-6-18(13-19)20-14-25-12-4-5-16(2)21(25)24-20/h3-14H,1-2H3,(H,23,26). The molecule has 4 aromatic rings. The van der Waals surface area contributed by atoms with Gasteiger partial charge in [0.2, 0.25) is 0 Å². The highest BCUT2D eigenvalue weighted by Gasteiger charge is 2.09. The van der Waals surface area contributed by atoms with Crippen molar-refractivity contribution in [3.8, 4) is 11.3 Å². The van der Waals surface area contributed by atoms with Crippen molar-refractivity contribution in [1.29, 1.82) is 0 Å². The van der Waals surface area contributed by atoms with Crippen molar-refractivity contribution in [2.45, 2.75) is 13.8 Å². The molecule has 0 aliphatic carbocycles. The average molecular weight is 341 g/mol. The lowest BCUT2D eigenvalue weighted by Gasteiger charge is -2.07. The Morgan fingerprint density at radius 3 is 2.58 bits per heavy atom. The van der Waals surface area contributed by atoms with Gasteiger partial charge in [-0.2, -0.15) is 0 Å². The molecule has 0 saturated heterocycles. The van der Waals surface area contributed by atoms with Crippen LogP contribution in [0.15, 0.2) is 73.1 Å². The van der Waals surface area contributed by atoms with Crippen molar-refractivity contribution in [2.24, 2.45) is 0 Å². The van der Waals surface area contributed by atoms with Gasteiger partial charge in [-0.25, -0.2) is 4.98 Å². The smallest absolute Gasteiger partial charge is 0.255 e. The van der Waals surface area contributed by atoms with Gasteiger partial charge >= 0.3 is 0 Å². The van der Waals surface area contributed by atoms with Gasteiger partial charge in [0.1, 0.15) is 5.65 Å². The summed E-state index contributed by atoms with van der Waals surface area (Å²) >= 11 is 0. The Labute approximate surface area is 152 Å². The molecule has 128 valence electrons. The summed E-state index contributed by atoms with van der Waals surface area (Å²) in [5.41, 5.74) is 6.44. The van der Waals surface area contributed by atoms with Crippen LogP contribution in [-0.2, 0) is 0 Å². The van der Waals surface area contributed by atoms with E-state index in [2.05, 4.69) is 5.32 Å². The Balaban J connectivity index is 1.62. The number of aryl methyl sites for hydroxylation is 2. The fourth-order valence-electron chi connectivity index (χ4n) is 2.96. The summed E-state index contributed by atoms with van der Waals surface area (Å²) in [6, 6.07) is 19.3. The molecule has 0 spiro atoms. The van der Waals surface area contributed by atoms with Gasteiger partial charge in [-0.05, 0) is 49.7 Å². The zero-order valence-corrected chi connectivity index (χ0v) is 14.7. The van der Waals surface area contributed by atoms with Crippen molar-refractivity contribution in [2.75, 3.05) is 5.32 Å². The molecule has 0 fully saturated rings. The van der Waals surface area contributed by atoms with E-state index in [-0.39, 0.29) is 5.91 Å². The third-order valence-electron chi connectivity index (χ3n) is 4.41. The third kappa shape index (κ3) is 3.09. The first-order valence-corrected chi connectivity index (χ1v) is 8.53. The molecule has 4 rings (SSSR count). The number of amides is 1. The summed E-state index contributed by atoms with van der Waals surface area (Å²) in [5, 5.41) is 2.96. The van der Waals surface area contributed by atoms with Crippen LogP contribution in [0.5, 0.6) is 0 Å². The van der Waals surface area contributed by atoms with Gasteiger partial charge in [0.15, 0.2) is 0 Å². The minimum Gasteiger partial charge on any atom is -0.322 e. The molecule has 0 atom stereocenters. The highest BCUT2D eigenvalue weighted by molar-refractivity contribution is 6.04. The first kappa shape index (κ1) is 16.1. The molecule has 2 aromatic heterocycles. The van der Waals surface area contributed by atoms with Gasteiger partial charge in [0.25, 0.3) is 5.91 Å². The second-order valence-corrected chi connectivity index (χ2v) is 6.45. The summed E-state index contributed by atoms with van der Waals surface area (Å²) < 4.78 is 2.02. The number of hydrogen-bond donors (Lipinski definition) is 1. The second-order valence-electron chi connectivity index (χ2n) is 6.45. The lowest BCUT2D eigenvalue weighted by atomic mass is 10.1. The topological polar surface area (TPSA) is 46.4 Å². The van der Waals surface area contributed by atoms with Crippen LogP contribution in [0.4, 0.5) is 5.69 Å². The normalized spacial score (nSPS) is 10.8. The highest BCUT2D eigenvalue weighted by atomic mass is 16.1. The molecular weight excluding hydrogens is 322 g/mol. The van der Waals surface area contributed by atoms with Crippen LogP contribution in [0.25, 0.3) is 16.9 Å². The minimum atomic E-state index is -0.118. The molecule has 2 heterocycles. The molecule has 4 nitrogen and oxygen atoms in total. The summed E-state index contributed by atoms with van der Waals surface area (Å²) in [6.45, 7) is 4.05. The molecule has 0 aliphatic heterocycles. The van der Waals surface area contributed by atoms with E-state index in [0.29, 0.717) is 5.56 Å². The summed E-state index contributed by atoms with van der Waals surface area (Å²) in [5.74, 6) is -0.118. The van der Waals surface area contributed by atoms with Gasteiger partial charge < -0.3 is 9.72 Å². The van der Waals surface area contributed by atoms with Crippen LogP contribution < -0.4 is 5.32 Å². The molecule has 0 aliphatic rings. The zero-order chi connectivity index (χ0) is 18.1. The Hall–Kier alpha value is -3.40. The van der Waals surface area contributed by atoms with Crippen molar-refractivity contribution >= 4 is 17.2 Å². The summed E-state index contributed by atoms with van der Waals surface area (Å²) in [6.07, 6.45) is 3.99. The largest absolute Gasteiger partial charge is 0.322 e. The Bertz CT molecular complexity index is 1090. The molecule has 1 N–H and O–H groups in total. The van der Waals surface area contributed by atoms with Crippen molar-refractivity contribution in [3.05, 3.63) is 89.7 Å². The molecule has 0 bridgehead atoms. The molecule has 26 heavy (non-hydrogen) atoms. The van der Waals surface area contributed by atoms with E-state index in [4.69, 9.17) is 4.98 Å². The average Bonchev–Trinajstić information content (AvgIpc) is 3.08. The van der Waals surface area contributed by atoms with E-state index < -0.39 is 0 Å². The number of hydrogen-bond acceptors (Lipinski definition) is 2. The number of pyridine rings is 1. The van der Waals surface area contributed by atoms with Gasteiger partial charge in [-0.1, -0.05) is 35.9 Å². The van der Waals surface area contributed by atoms with Gasteiger partial charge in [-0.3, -0.25) is 4.79 Å². The maximum atomic E-state index is 12.4. The van der Waals surface area contributed by atoms with Crippen LogP contribution in [0, 0.1) is 13.8 Å². The van der Waals surface area contributed by atoms with Crippen molar-refractivity contribution in [3.63, 3.8) is 0 Å². The number of imidazole rings is 1. The van der Waals surface area contributed by atoms with E-state index in [1.807, 2.05) is 91.3 Å². The highest BCUT2D eigenvalue weighted by Crippen LogP contribution is 2.23. The lowest BCUT2D eigenvalue weighted by molar-refractivity contribution is 0.102. The number of anilines is 1. The number of nitrogens with zero attached hydrogens (tertiary/aromatic N) is 2. The first-order valence-electron chi connectivity index (χ1n) is 8.53. The summed E-state index contributed by atoms with van der Waals surface area (Å²) in [4.78, 5) is 17.1. The number of rotatable bonds is 3. The Morgan fingerprint density at radius 1 is 1.00 bits per heavy atom. The van der Waals surface area contributed by atoms with Crippen molar-refractivity contribution < 1.29 is 4.79 Å². The Kier molecular flexibility index (Phi) is 4.01. The van der Waals surface area contributed by atoms with Gasteiger partial charge in [0.05, 0.1) is 5.69 Å². The minimum absolute atomic E-state index is 0.118. The maximum Gasteiger partial charge on any atom is 0.255 e. The predicted octanol–water partition coefficient (Wildman–Crippen LogP) is 4.87. The monoisotopic (exact) mass is 341 g/mol. The van der Waals surface area contributed by atoms with Crippen LogP contribution in [0.1, 0.15) is 21.5 Å². The van der Waals surface area contributed by atoms with E-state index in [0.717, 1.165) is 33.7 Å². The number of benzene rings is 2. The molecule has 0 unspecified atom stereocenters. The molecular formula is C22H19N3O. The quantitative estimate of drug-likeness (QED) is 0.578. The fourth-order valence-corrected chi connectivity index (χ4v) is 2.96. The molecule has 1 amide bonds. The van der Waals surface area contributed by atoms with Gasteiger partial charge in [0, 0.05) is 29.2 Å². The summed E-state index contributed by atoms with van der Waals surface area (Å²) in [7, 11) is 0. The molecule has 4 heteroatoms. The lowest BCUT2D eigenvalue weighted by Crippen LogP contribution is -2.11. The Morgan fingerprint density at radius 2 is 1.81 bits per heavy atom. The molecule has 2 aromatic carbocycles. The molecule has 0 radical (unpaired) electrons. The fraction of sp³-hybridized carbons (Fsp3) is 0.0909. The number of carbonyl (C=O) groups is 1. The van der Waals surface area contributed by atoms with Crippen LogP contribution >= 0.6 is 0 Å². The zero-order valence-electron chi connectivity index (χ0n) is 14.7. The van der Waals surface area contributed by atoms with E-state index in [1.165, 1.54) is 0 Å². The predicted molar refractivity (Wildman–Crippen MR) is 104 cm³/mol. The number of fused-ring (bicyclic) bond motifs is 1. The number of carbonyl (C=O) groups excluding carboxylic acids is 1. The second kappa shape index (κ2) is 6.48. The number of aromatic nitrogens is 2.